The third kappa shape index (κ3) is 4.02. The van der Waals surface area contributed by atoms with Crippen molar-refractivity contribution >= 4 is 17.7 Å². The standard InChI is InChI=1S/C17H20N2O2S/c1-21-14-10-12(8-9-15(14)22-2)11-19-16(17(18)20)13-6-4-3-5-7-13/h3-10,16,19H,11H2,1-2H3,(H2,18,20)/t16-/m1/s1. The Labute approximate surface area is 135 Å². The molecule has 0 unspecified atom stereocenters. The summed E-state index contributed by atoms with van der Waals surface area (Å²) in [6.45, 7) is 0.535. The molecule has 2 aromatic rings. The maximum Gasteiger partial charge on any atom is 0.239 e. The lowest BCUT2D eigenvalue weighted by molar-refractivity contribution is -0.120. The van der Waals surface area contributed by atoms with Crippen LogP contribution in [0.1, 0.15) is 17.2 Å². The van der Waals surface area contributed by atoms with E-state index in [-0.39, 0.29) is 5.91 Å². The molecule has 3 N–H and O–H groups in total. The number of nitrogens with two attached hydrogens (primary N) is 1. The molecule has 0 radical (unpaired) electrons. The van der Waals surface area contributed by atoms with Gasteiger partial charge in [-0.05, 0) is 29.5 Å². The van der Waals surface area contributed by atoms with Gasteiger partial charge in [0, 0.05) is 11.4 Å². The van der Waals surface area contributed by atoms with Crippen molar-refractivity contribution in [2.75, 3.05) is 13.4 Å². The normalized spacial score (nSPS) is 11.9. The van der Waals surface area contributed by atoms with Gasteiger partial charge < -0.3 is 10.5 Å². The van der Waals surface area contributed by atoms with Gasteiger partial charge in [0.25, 0.3) is 0 Å². The molecule has 0 aromatic heterocycles. The predicted molar refractivity (Wildman–Crippen MR) is 90.0 cm³/mol. The summed E-state index contributed by atoms with van der Waals surface area (Å²) in [7, 11) is 1.66. The monoisotopic (exact) mass is 316 g/mol. The minimum atomic E-state index is -0.507. The lowest BCUT2D eigenvalue weighted by atomic mass is 10.1. The van der Waals surface area contributed by atoms with Crippen LogP contribution >= 0.6 is 11.8 Å². The lowest BCUT2D eigenvalue weighted by Gasteiger charge is -2.16. The highest BCUT2D eigenvalue weighted by molar-refractivity contribution is 7.98. The zero-order valence-electron chi connectivity index (χ0n) is 12.7. The van der Waals surface area contributed by atoms with Crippen LogP contribution < -0.4 is 15.8 Å². The van der Waals surface area contributed by atoms with Gasteiger partial charge >= 0.3 is 0 Å². The Morgan fingerprint density at radius 3 is 2.59 bits per heavy atom. The summed E-state index contributed by atoms with van der Waals surface area (Å²) in [4.78, 5) is 12.8. The zero-order valence-corrected chi connectivity index (χ0v) is 13.5. The fourth-order valence-electron chi connectivity index (χ4n) is 2.24. The smallest absolute Gasteiger partial charge is 0.239 e. The van der Waals surface area contributed by atoms with Gasteiger partial charge in [-0.3, -0.25) is 10.1 Å². The highest BCUT2D eigenvalue weighted by atomic mass is 32.2. The van der Waals surface area contributed by atoms with Gasteiger partial charge in [-0.1, -0.05) is 36.4 Å². The van der Waals surface area contributed by atoms with E-state index in [4.69, 9.17) is 10.5 Å². The second-order valence-corrected chi connectivity index (χ2v) is 5.66. The molecular weight excluding hydrogens is 296 g/mol. The van der Waals surface area contributed by atoms with Crippen LogP contribution in [0.3, 0.4) is 0 Å². The number of benzene rings is 2. The second kappa shape index (κ2) is 7.87. The molecule has 22 heavy (non-hydrogen) atoms. The molecule has 2 rings (SSSR count). The number of methoxy groups -OCH3 is 1. The molecule has 0 aliphatic heterocycles. The number of carbonyl (C=O) groups excluding carboxylic acids is 1. The largest absolute Gasteiger partial charge is 0.496 e. The fraction of sp³-hybridized carbons (Fsp3) is 0.235. The van der Waals surface area contributed by atoms with E-state index in [0.717, 1.165) is 21.8 Å². The Balaban J connectivity index is 2.12. The number of hydrogen-bond donors (Lipinski definition) is 2. The Morgan fingerprint density at radius 1 is 1.27 bits per heavy atom. The third-order valence-electron chi connectivity index (χ3n) is 3.38. The van der Waals surface area contributed by atoms with Crippen molar-refractivity contribution in [3.05, 3.63) is 59.7 Å². The molecule has 5 heteroatoms. The number of rotatable bonds is 7. The van der Waals surface area contributed by atoms with Gasteiger partial charge in [-0.15, -0.1) is 11.8 Å². The average molecular weight is 316 g/mol. The quantitative estimate of drug-likeness (QED) is 0.771. The summed E-state index contributed by atoms with van der Waals surface area (Å²) in [5.41, 5.74) is 7.41. The lowest BCUT2D eigenvalue weighted by Crippen LogP contribution is -2.33. The SMILES string of the molecule is COc1cc(CN[C@@H](C(N)=O)c2ccccc2)ccc1SC. The van der Waals surface area contributed by atoms with Crippen molar-refractivity contribution < 1.29 is 9.53 Å². The summed E-state index contributed by atoms with van der Waals surface area (Å²) in [6, 6.07) is 15.0. The minimum absolute atomic E-state index is 0.390. The van der Waals surface area contributed by atoms with Crippen LogP contribution in [0.15, 0.2) is 53.4 Å². The van der Waals surface area contributed by atoms with E-state index >= 15 is 0 Å². The molecule has 116 valence electrons. The number of amides is 1. The topological polar surface area (TPSA) is 64.3 Å². The van der Waals surface area contributed by atoms with Crippen molar-refractivity contribution in [3.8, 4) is 5.75 Å². The number of thioether (sulfide) groups is 1. The Hall–Kier alpha value is -1.98. The first-order valence-corrected chi connectivity index (χ1v) is 8.16. The van der Waals surface area contributed by atoms with Crippen LogP contribution in [0.25, 0.3) is 0 Å². The van der Waals surface area contributed by atoms with Crippen LogP contribution in [0.2, 0.25) is 0 Å². The molecule has 0 fully saturated rings. The summed E-state index contributed by atoms with van der Waals surface area (Å²) in [5.74, 6) is 0.445. The van der Waals surface area contributed by atoms with E-state index in [9.17, 15) is 4.79 Å². The molecule has 0 bridgehead atoms. The van der Waals surface area contributed by atoms with Gasteiger partial charge in [-0.2, -0.15) is 0 Å². The Kier molecular flexibility index (Phi) is 5.86. The fourth-order valence-corrected chi connectivity index (χ4v) is 2.79. The number of hydrogen-bond acceptors (Lipinski definition) is 4. The Bertz CT molecular complexity index is 632. The molecule has 0 spiro atoms. The molecule has 0 saturated heterocycles. The van der Waals surface area contributed by atoms with Crippen LogP contribution in [-0.2, 0) is 11.3 Å². The maximum absolute atomic E-state index is 11.7. The highest BCUT2D eigenvalue weighted by Gasteiger charge is 2.16. The highest BCUT2D eigenvalue weighted by Crippen LogP contribution is 2.28. The van der Waals surface area contributed by atoms with E-state index in [0.29, 0.717) is 6.54 Å². The molecule has 0 heterocycles. The van der Waals surface area contributed by atoms with E-state index in [1.54, 1.807) is 18.9 Å². The molecule has 2 aromatic carbocycles. The number of primary amides is 1. The van der Waals surface area contributed by atoms with Gasteiger partial charge in [0.05, 0.1) is 7.11 Å². The number of carbonyl (C=O) groups is 1. The molecule has 0 saturated carbocycles. The Morgan fingerprint density at radius 2 is 2.00 bits per heavy atom. The summed E-state index contributed by atoms with van der Waals surface area (Å²) in [6.07, 6.45) is 2.01. The maximum atomic E-state index is 11.7. The first-order chi connectivity index (χ1) is 10.7. The van der Waals surface area contributed by atoms with E-state index in [2.05, 4.69) is 5.32 Å². The van der Waals surface area contributed by atoms with Crippen LogP contribution in [-0.4, -0.2) is 19.3 Å². The van der Waals surface area contributed by atoms with Crippen LogP contribution in [0, 0.1) is 0 Å². The zero-order chi connectivity index (χ0) is 15.9. The van der Waals surface area contributed by atoms with E-state index in [1.165, 1.54) is 0 Å². The van der Waals surface area contributed by atoms with Gasteiger partial charge in [-0.25, -0.2) is 0 Å². The molecular formula is C17H20N2O2S. The first kappa shape index (κ1) is 16.4. The predicted octanol–water partition coefficient (Wildman–Crippen LogP) is 2.73. The number of ether oxygens (including phenoxy) is 1. The average Bonchev–Trinajstić information content (AvgIpc) is 2.55. The number of nitrogens with one attached hydrogen (secondary N) is 1. The molecule has 1 atom stereocenters. The van der Waals surface area contributed by atoms with E-state index < -0.39 is 6.04 Å². The van der Waals surface area contributed by atoms with Crippen molar-refractivity contribution in [1.29, 1.82) is 0 Å². The summed E-state index contributed by atoms with van der Waals surface area (Å²) < 4.78 is 5.38. The first-order valence-electron chi connectivity index (χ1n) is 6.94. The minimum Gasteiger partial charge on any atom is -0.496 e. The van der Waals surface area contributed by atoms with Crippen molar-refractivity contribution in [2.45, 2.75) is 17.5 Å². The molecule has 0 aliphatic rings. The molecule has 0 aliphatic carbocycles. The molecule has 4 nitrogen and oxygen atoms in total. The van der Waals surface area contributed by atoms with Gasteiger partial charge in [0.2, 0.25) is 5.91 Å². The third-order valence-corrected chi connectivity index (χ3v) is 4.15. The van der Waals surface area contributed by atoms with Gasteiger partial charge in [0.1, 0.15) is 11.8 Å². The van der Waals surface area contributed by atoms with Crippen molar-refractivity contribution in [1.82, 2.24) is 5.32 Å². The van der Waals surface area contributed by atoms with Crippen LogP contribution in [0.5, 0.6) is 5.75 Å². The van der Waals surface area contributed by atoms with Crippen molar-refractivity contribution in [2.24, 2.45) is 5.73 Å². The van der Waals surface area contributed by atoms with E-state index in [1.807, 2.05) is 54.8 Å². The summed E-state index contributed by atoms with van der Waals surface area (Å²) >= 11 is 1.64. The second-order valence-electron chi connectivity index (χ2n) is 4.82. The van der Waals surface area contributed by atoms with Gasteiger partial charge in [0.15, 0.2) is 0 Å². The van der Waals surface area contributed by atoms with Crippen LogP contribution in [0.4, 0.5) is 0 Å². The molecule has 1 amide bonds. The summed E-state index contributed by atoms with van der Waals surface area (Å²) in [5, 5.41) is 3.20. The van der Waals surface area contributed by atoms with Crippen molar-refractivity contribution in [3.63, 3.8) is 0 Å².